The van der Waals surface area contributed by atoms with Gasteiger partial charge in [-0.3, -0.25) is 0 Å². The average molecular weight is 227 g/mol. The van der Waals surface area contributed by atoms with E-state index in [1.165, 1.54) is 38.5 Å². The zero-order chi connectivity index (χ0) is 6.95. The third-order valence-electron chi connectivity index (χ3n) is 1.56. The zero-order valence-corrected chi connectivity index (χ0v) is 8.66. The first kappa shape index (κ1) is 22.8. The number of unbranched alkanes of at least 4 members (excludes halogenated alkanes) is 5. The number of rotatable bonds is 6. The molecule has 12 heavy (non-hydrogen) atoms. The Bertz CT molecular complexity index is 50.3. The Morgan fingerprint density at radius 3 is 1.67 bits per heavy atom. The molecule has 0 saturated heterocycles. The molecule has 0 rings (SSSR count). The summed E-state index contributed by atoms with van der Waals surface area (Å²) in [7, 11) is 0. The van der Waals surface area contributed by atoms with Crippen molar-refractivity contribution >= 4 is 0 Å². The Balaban J connectivity index is -0.000000107. The maximum absolute atomic E-state index is 5.34. The summed E-state index contributed by atoms with van der Waals surface area (Å²) in [5.41, 5.74) is 5.34. The largest absolute Gasteiger partial charge is 2.00 e. The van der Waals surface area contributed by atoms with Gasteiger partial charge in [0.1, 0.15) is 0 Å². The van der Waals surface area contributed by atoms with Gasteiger partial charge in [-0.05, 0) is 13.0 Å². The molecular formula is C8H21CuNO2. The van der Waals surface area contributed by atoms with Crippen LogP contribution in [-0.4, -0.2) is 17.5 Å². The molecule has 0 aromatic carbocycles. The molecule has 4 heteroatoms. The normalized spacial score (nSPS) is 7.50. The van der Waals surface area contributed by atoms with Crippen molar-refractivity contribution in [2.45, 2.75) is 45.4 Å². The summed E-state index contributed by atoms with van der Waals surface area (Å²) < 4.78 is 0. The maximum atomic E-state index is 5.34. The van der Waals surface area contributed by atoms with Gasteiger partial charge in [0.2, 0.25) is 0 Å². The SMILES string of the molecule is CCCCCCCCN.[Cu+2].[OH-].[OH-]. The van der Waals surface area contributed by atoms with Gasteiger partial charge in [0.15, 0.2) is 0 Å². The molecule has 0 heterocycles. The molecule has 0 bridgehead atoms. The predicted molar refractivity (Wildman–Crippen MR) is 46.3 cm³/mol. The summed E-state index contributed by atoms with van der Waals surface area (Å²) in [6, 6.07) is 0. The molecule has 3 nitrogen and oxygen atoms in total. The molecule has 0 fully saturated rings. The maximum Gasteiger partial charge on any atom is 2.00 e. The van der Waals surface area contributed by atoms with Gasteiger partial charge in [-0.1, -0.05) is 39.0 Å². The molecule has 0 aliphatic heterocycles. The van der Waals surface area contributed by atoms with E-state index < -0.39 is 0 Å². The second-order valence-corrected chi connectivity index (χ2v) is 2.56. The molecule has 81 valence electrons. The van der Waals surface area contributed by atoms with Crippen molar-refractivity contribution in [3.05, 3.63) is 0 Å². The third kappa shape index (κ3) is 22.4. The molecule has 0 aliphatic rings. The van der Waals surface area contributed by atoms with Crippen LogP contribution in [0.2, 0.25) is 0 Å². The Kier molecular flexibility index (Phi) is 42.9. The van der Waals surface area contributed by atoms with E-state index in [2.05, 4.69) is 6.92 Å². The van der Waals surface area contributed by atoms with Crippen molar-refractivity contribution in [2.75, 3.05) is 6.54 Å². The summed E-state index contributed by atoms with van der Waals surface area (Å²) in [6.45, 7) is 3.11. The van der Waals surface area contributed by atoms with Crippen LogP contribution in [0.4, 0.5) is 0 Å². The average Bonchev–Trinajstić information content (AvgIpc) is 1.89. The minimum Gasteiger partial charge on any atom is -0.870 e. The monoisotopic (exact) mass is 226 g/mol. The quantitative estimate of drug-likeness (QED) is 0.555. The van der Waals surface area contributed by atoms with Gasteiger partial charge in [-0.25, -0.2) is 0 Å². The van der Waals surface area contributed by atoms with Gasteiger partial charge in [0.05, 0.1) is 0 Å². The van der Waals surface area contributed by atoms with Crippen LogP contribution in [0.5, 0.6) is 0 Å². The minimum absolute atomic E-state index is 0. The van der Waals surface area contributed by atoms with Crippen molar-refractivity contribution in [1.29, 1.82) is 0 Å². The fourth-order valence-electron chi connectivity index (χ4n) is 0.925. The van der Waals surface area contributed by atoms with Gasteiger partial charge < -0.3 is 16.7 Å². The Hall–Kier alpha value is 0.399. The van der Waals surface area contributed by atoms with E-state index in [1.54, 1.807) is 0 Å². The van der Waals surface area contributed by atoms with E-state index >= 15 is 0 Å². The fourth-order valence-corrected chi connectivity index (χ4v) is 0.925. The molecule has 0 aromatic rings. The molecule has 0 amide bonds. The number of hydrogen-bond donors (Lipinski definition) is 1. The van der Waals surface area contributed by atoms with Gasteiger partial charge >= 0.3 is 17.1 Å². The number of hydrogen-bond acceptors (Lipinski definition) is 3. The van der Waals surface area contributed by atoms with Crippen LogP contribution >= 0.6 is 0 Å². The third-order valence-corrected chi connectivity index (χ3v) is 1.56. The summed E-state index contributed by atoms with van der Waals surface area (Å²) >= 11 is 0. The van der Waals surface area contributed by atoms with Gasteiger partial charge in [-0.15, -0.1) is 0 Å². The fraction of sp³-hybridized carbons (Fsp3) is 1.00. The van der Waals surface area contributed by atoms with Crippen LogP contribution in [0.1, 0.15) is 45.4 Å². The summed E-state index contributed by atoms with van der Waals surface area (Å²) in [6.07, 6.45) is 8.05. The Morgan fingerprint density at radius 1 is 0.833 bits per heavy atom. The molecule has 0 saturated carbocycles. The van der Waals surface area contributed by atoms with Gasteiger partial charge in [0.25, 0.3) is 0 Å². The number of nitrogens with two attached hydrogens (primary N) is 1. The molecule has 0 aromatic heterocycles. The molecule has 1 radical (unpaired) electrons. The molecule has 0 atom stereocenters. The van der Waals surface area contributed by atoms with E-state index in [0.29, 0.717) is 0 Å². The van der Waals surface area contributed by atoms with E-state index in [0.717, 1.165) is 6.54 Å². The smallest absolute Gasteiger partial charge is 0.870 e. The van der Waals surface area contributed by atoms with Crippen molar-refractivity contribution in [3.63, 3.8) is 0 Å². The zero-order valence-electron chi connectivity index (χ0n) is 7.72. The van der Waals surface area contributed by atoms with E-state index in [1.807, 2.05) is 0 Å². The first-order valence-electron chi connectivity index (χ1n) is 4.12. The van der Waals surface area contributed by atoms with E-state index in [9.17, 15) is 0 Å². The first-order chi connectivity index (χ1) is 4.41. The van der Waals surface area contributed by atoms with Crippen LogP contribution in [0.3, 0.4) is 0 Å². The minimum atomic E-state index is 0. The molecule has 0 aliphatic carbocycles. The van der Waals surface area contributed by atoms with E-state index in [-0.39, 0.29) is 28.0 Å². The second-order valence-electron chi connectivity index (χ2n) is 2.56. The van der Waals surface area contributed by atoms with Gasteiger partial charge in [0, 0.05) is 0 Å². The van der Waals surface area contributed by atoms with E-state index in [4.69, 9.17) is 5.73 Å². The molecule has 0 spiro atoms. The van der Waals surface area contributed by atoms with Crippen LogP contribution in [-0.2, 0) is 17.1 Å². The van der Waals surface area contributed by atoms with Crippen molar-refractivity contribution in [3.8, 4) is 0 Å². The summed E-state index contributed by atoms with van der Waals surface area (Å²) in [4.78, 5) is 0. The Morgan fingerprint density at radius 2 is 1.25 bits per heavy atom. The molecular weight excluding hydrogens is 206 g/mol. The molecule has 4 N–H and O–H groups in total. The summed E-state index contributed by atoms with van der Waals surface area (Å²) in [5, 5.41) is 0. The van der Waals surface area contributed by atoms with Crippen LogP contribution in [0.15, 0.2) is 0 Å². The van der Waals surface area contributed by atoms with Crippen molar-refractivity contribution < 1.29 is 28.0 Å². The topological polar surface area (TPSA) is 86.0 Å². The molecule has 0 unspecified atom stereocenters. The van der Waals surface area contributed by atoms with Gasteiger partial charge in [-0.2, -0.15) is 0 Å². The predicted octanol–water partition coefficient (Wildman–Crippen LogP) is 1.95. The van der Waals surface area contributed by atoms with Crippen molar-refractivity contribution in [1.82, 2.24) is 0 Å². The second kappa shape index (κ2) is 22.5. The Labute approximate surface area is 86.2 Å². The van der Waals surface area contributed by atoms with Crippen LogP contribution in [0, 0.1) is 0 Å². The standard InChI is InChI=1S/C8H19N.Cu.2H2O/c1-2-3-4-5-6-7-8-9;;;/h2-9H2,1H3;;2*1H2/q;+2;;/p-2. The van der Waals surface area contributed by atoms with Crippen LogP contribution < -0.4 is 5.73 Å². The van der Waals surface area contributed by atoms with Crippen LogP contribution in [0.25, 0.3) is 0 Å². The first-order valence-corrected chi connectivity index (χ1v) is 4.12. The summed E-state index contributed by atoms with van der Waals surface area (Å²) in [5.74, 6) is 0. The van der Waals surface area contributed by atoms with Crippen molar-refractivity contribution in [2.24, 2.45) is 5.73 Å².